The zero-order chi connectivity index (χ0) is 12.6. The number of rotatable bonds is 4. The van der Waals surface area contributed by atoms with Gasteiger partial charge in [-0.3, -0.25) is 0 Å². The molecule has 0 heterocycles. The van der Waals surface area contributed by atoms with Gasteiger partial charge in [0.1, 0.15) is 5.71 Å². The Kier molecular flexibility index (Phi) is 4.08. The molecule has 0 bridgehead atoms. The lowest BCUT2D eigenvalue weighted by Crippen LogP contribution is -2.04. The van der Waals surface area contributed by atoms with Gasteiger partial charge in [0.05, 0.1) is 6.21 Å². The second-order valence-electron chi connectivity index (χ2n) is 3.49. The lowest BCUT2D eigenvalue weighted by Gasteiger charge is -2.01. The van der Waals surface area contributed by atoms with Crippen molar-refractivity contribution in [1.29, 1.82) is 0 Å². The summed E-state index contributed by atoms with van der Waals surface area (Å²) in [6.07, 6.45) is 1.23. The van der Waals surface area contributed by atoms with Crippen LogP contribution in [0.2, 0.25) is 0 Å². The summed E-state index contributed by atoms with van der Waals surface area (Å²) in [6, 6.07) is 18.5. The van der Waals surface area contributed by atoms with Crippen molar-refractivity contribution < 1.29 is 10.0 Å². The van der Waals surface area contributed by atoms with Crippen LogP contribution in [-0.4, -0.2) is 17.1 Å². The molecule has 0 atom stereocenters. The molecule has 0 saturated carbocycles. The summed E-state index contributed by atoms with van der Waals surface area (Å²) in [5.41, 5.74) is 1.26. The van der Waals surface area contributed by atoms with Crippen molar-refractivity contribution in [2.75, 3.05) is 0 Å². The first-order valence-corrected chi connectivity index (χ1v) is 5.43. The topological polar surface area (TPSA) is 54.2 Å². The molecular weight excluding hydrogens is 228 g/mol. The van der Waals surface area contributed by atoms with E-state index in [1.807, 2.05) is 48.5 Å². The van der Waals surface area contributed by atoms with E-state index in [1.54, 1.807) is 12.1 Å². The average Bonchev–Trinajstić information content (AvgIpc) is 2.45. The molecule has 0 unspecified atom stereocenters. The molecule has 0 saturated heterocycles. The van der Waals surface area contributed by atoms with E-state index in [0.717, 1.165) is 5.56 Å². The highest BCUT2D eigenvalue weighted by molar-refractivity contribution is 6.37. The van der Waals surface area contributed by atoms with Crippen molar-refractivity contribution in [2.45, 2.75) is 0 Å². The number of benzene rings is 2. The fourth-order valence-electron chi connectivity index (χ4n) is 1.40. The standard InChI is InChI=1S/C14H12N2O2/c17-15-11-14(12-7-3-1-4-8-12)16-18-13-9-5-2-6-10-13/h1-11,17H. The summed E-state index contributed by atoms with van der Waals surface area (Å²) in [5, 5.41) is 15.6. The normalized spacial score (nSPS) is 11.7. The van der Waals surface area contributed by atoms with Gasteiger partial charge in [-0.1, -0.05) is 58.8 Å². The number of oxime groups is 2. The molecule has 0 radical (unpaired) electrons. The molecule has 1 N–H and O–H groups in total. The van der Waals surface area contributed by atoms with E-state index in [1.165, 1.54) is 6.21 Å². The quantitative estimate of drug-likeness (QED) is 0.507. The second-order valence-corrected chi connectivity index (χ2v) is 3.49. The molecule has 0 spiro atoms. The fraction of sp³-hybridized carbons (Fsp3) is 0. The van der Waals surface area contributed by atoms with Crippen LogP contribution in [0.4, 0.5) is 0 Å². The summed E-state index contributed by atoms with van der Waals surface area (Å²) in [6.45, 7) is 0. The van der Waals surface area contributed by atoms with Gasteiger partial charge in [0.15, 0.2) is 5.75 Å². The van der Waals surface area contributed by atoms with E-state index in [4.69, 9.17) is 10.0 Å². The van der Waals surface area contributed by atoms with Crippen LogP contribution >= 0.6 is 0 Å². The van der Waals surface area contributed by atoms with E-state index >= 15 is 0 Å². The predicted octanol–water partition coefficient (Wildman–Crippen LogP) is 2.93. The third-order valence-electron chi connectivity index (χ3n) is 2.24. The molecule has 2 aromatic rings. The maximum absolute atomic E-state index is 8.63. The molecule has 0 aliphatic rings. The Hall–Kier alpha value is -2.62. The van der Waals surface area contributed by atoms with Gasteiger partial charge in [-0.15, -0.1) is 0 Å². The Morgan fingerprint density at radius 2 is 1.56 bits per heavy atom. The van der Waals surface area contributed by atoms with E-state index in [9.17, 15) is 0 Å². The molecule has 0 amide bonds. The summed E-state index contributed by atoms with van der Waals surface area (Å²) in [7, 11) is 0. The third-order valence-corrected chi connectivity index (χ3v) is 2.24. The SMILES string of the molecule is ON=CC(=NOc1ccccc1)c1ccccc1. The van der Waals surface area contributed by atoms with Crippen LogP contribution in [0.1, 0.15) is 5.56 Å². The molecule has 2 aromatic carbocycles. The van der Waals surface area contributed by atoms with Gasteiger partial charge < -0.3 is 10.0 Å². The Balaban J connectivity index is 2.21. The lowest BCUT2D eigenvalue weighted by atomic mass is 10.1. The van der Waals surface area contributed by atoms with Crippen molar-refractivity contribution in [3.05, 3.63) is 66.2 Å². The zero-order valence-electron chi connectivity index (χ0n) is 9.60. The first-order chi connectivity index (χ1) is 8.90. The van der Waals surface area contributed by atoms with Crippen LogP contribution in [0.25, 0.3) is 0 Å². The summed E-state index contributed by atoms with van der Waals surface area (Å²) >= 11 is 0. The highest BCUT2D eigenvalue weighted by Crippen LogP contribution is 2.09. The van der Waals surface area contributed by atoms with Crippen molar-refractivity contribution >= 4 is 11.9 Å². The van der Waals surface area contributed by atoms with E-state index in [0.29, 0.717) is 11.5 Å². The maximum Gasteiger partial charge on any atom is 0.157 e. The molecule has 18 heavy (non-hydrogen) atoms. The molecule has 0 aliphatic heterocycles. The van der Waals surface area contributed by atoms with E-state index < -0.39 is 0 Å². The molecule has 0 aliphatic carbocycles. The number of hydrogen-bond donors (Lipinski definition) is 1. The van der Waals surface area contributed by atoms with Crippen LogP contribution in [0.5, 0.6) is 5.75 Å². The van der Waals surface area contributed by atoms with Gasteiger partial charge in [0.2, 0.25) is 0 Å². The Bertz CT molecular complexity index is 536. The van der Waals surface area contributed by atoms with Gasteiger partial charge in [-0.25, -0.2) is 0 Å². The third kappa shape index (κ3) is 3.18. The van der Waals surface area contributed by atoms with Gasteiger partial charge in [-0.05, 0) is 12.1 Å². The van der Waals surface area contributed by atoms with Crippen molar-refractivity contribution in [2.24, 2.45) is 10.3 Å². The smallest absolute Gasteiger partial charge is 0.157 e. The van der Waals surface area contributed by atoms with Gasteiger partial charge in [-0.2, -0.15) is 0 Å². The predicted molar refractivity (Wildman–Crippen MR) is 70.3 cm³/mol. The minimum Gasteiger partial charge on any atom is -0.411 e. The van der Waals surface area contributed by atoms with E-state index in [-0.39, 0.29) is 0 Å². The maximum atomic E-state index is 8.63. The number of nitrogens with zero attached hydrogens (tertiary/aromatic N) is 2. The molecule has 4 heteroatoms. The van der Waals surface area contributed by atoms with E-state index in [2.05, 4.69) is 10.3 Å². The first-order valence-electron chi connectivity index (χ1n) is 5.43. The molecule has 2 rings (SSSR count). The molecule has 0 aromatic heterocycles. The Morgan fingerprint density at radius 3 is 2.17 bits per heavy atom. The monoisotopic (exact) mass is 240 g/mol. The highest BCUT2D eigenvalue weighted by Gasteiger charge is 2.01. The summed E-state index contributed by atoms with van der Waals surface area (Å²) in [5.74, 6) is 0.622. The van der Waals surface area contributed by atoms with Crippen molar-refractivity contribution in [1.82, 2.24) is 0 Å². The minimum atomic E-state index is 0.446. The van der Waals surface area contributed by atoms with Gasteiger partial charge in [0.25, 0.3) is 0 Å². The lowest BCUT2D eigenvalue weighted by molar-refractivity contribution is 0.321. The number of para-hydroxylation sites is 1. The van der Waals surface area contributed by atoms with Crippen molar-refractivity contribution in [3.63, 3.8) is 0 Å². The minimum absolute atomic E-state index is 0.446. The fourth-order valence-corrected chi connectivity index (χ4v) is 1.40. The summed E-state index contributed by atoms with van der Waals surface area (Å²) < 4.78 is 0. The molecular formula is C14H12N2O2. The van der Waals surface area contributed by atoms with Crippen molar-refractivity contribution in [3.8, 4) is 5.75 Å². The molecule has 4 nitrogen and oxygen atoms in total. The number of hydrogen-bond acceptors (Lipinski definition) is 4. The molecule has 0 fully saturated rings. The van der Waals surface area contributed by atoms with Gasteiger partial charge in [0, 0.05) is 5.56 Å². The van der Waals surface area contributed by atoms with Crippen LogP contribution < -0.4 is 4.84 Å². The first kappa shape index (κ1) is 11.9. The van der Waals surface area contributed by atoms with Gasteiger partial charge >= 0.3 is 0 Å². The molecule has 90 valence electrons. The van der Waals surface area contributed by atoms with Crippen LogP contribution in [-0.2, 0) is 0 Å². The Labute approximate surface area is 105 Å². The largest absolute Gasteiger partial charge is 0.411 e. The summed E-state index contributed by atoms with van der Waals surface area (Å²) in [4.78, 5) is 5.26. The Morgan fingerprint density at radius 1 is 0.944 bits per heavy atom. The second kappa shape index (κ2) is 6.20. The average molecular weight is 240 g/mol. The zero-order valence-corrected chi connectivity index (χ0v) is 9.60. The van der Waals surface area contributed by atoms with Crippen LogP contribution in [0, 0.1) is 0 Å². The van der Waals surface area contributed by atoms with Crippen LogP contribution in [0.3, 0.4) is 0 Å². The highest BCUT2D eigenvalue weighted by atomic mass is 16.6. The van der Waals surface area contributed by atoms with Crippen LogP contribution in [0.15, 0.2) is 71.0 Å².